The molecule has 8 aromatic carbocycles. The van der Waals surface area contributed by atoms with E-state index in [0.29, 0.717) is 37.2 Å². The fourth-order valence-electron chi connectivity index (χ4n) is 13.0. The average Bonchev–Trinajstić information content (AvgIpc) is 0.855. The van der Waals surface area contributed by atoms with Crippen LogP contribution in [-0.4, -0.2) is 61.7 Å². The number of aryl methyl sites for hydroxylation is 2. The number of hydrogen-bond acceptors (Lipinski definition) is 10. The summed E-state index contributed by atoms with van der Waals surface area (Å²) in [6.07, 6.45) is 15.2. The van der Waals surface area contributed by atoms with Gasteiger partial charge >= 0.3 is 36.2 Å². The standard InChI is InChI=1S/C92H108F6O10/c1-3-5-7-9-23-29-67-103-81-59-51-75(52-60-81)73-43-47-77(48-44-73)87(99)105-83-63-55-79(56-64-83)89(101)107-85(91(93,94)95)33-27-21-17-13-11-15-19-25-31-69-35-39-71(40-36-69)72-41-37-70(38-42-72)32-26-20-16-12-14-18-22-28-34-86(92(96,97)98)108-90(102)80-57-65-84(66-58-80)106-88(100)78-49-45-74(46-50-78)76-53-61-82(62-54-76)104-68-30-24-10-8-6-4-2/h35-66,85-86H,3-34,67-68H2,1-2H3/t85-,86+. The third-order valence-electron chi connectivity index (χ3n) is 19.6. The first kappa shape index (κ1) is 84.4. The maximum absolute atomic E-state index is 14.0. The maximum Gasteiger partial charge on any atom is 0.425 e. The molecule has 0 saturated heterocycles. The molecule has 0 amide bonds. The van der Waals surface area contributed by atoms with E-state index in [4.69, 9.17) is 28.4 Å². The zero-order valence-corrected chi connectivity index (χ0v) is 63.0. The molecule has 108 heavy (non-hydrogen) atoms. The van der Waals surface area contributed by atoms with Crippen molar-refractivity contribution < 1.29 is 73.9 Å². The van der Waals surface area contributed by atoms with E-state index in [-0.39, 0.29) is 48.3 Å². The largest absolute Gasteiger partial charge is 0.494 e. The van der Waals surface area contributed by atoms with Gasteiger partial charge in [-0.2, -0.15) is 26.3 Å². The Balaban J connectivity index is 0.614. The smallest absolute Gasteiger partial charge is 0.425 e. The predicted molar refractivity (Wildman–Crippen MR) is 417 cm³/mol. The second kappa shape index (κ2) is 46.2. The summed E-state index contributed by atoms with van der Waals surface area (Å²) in [4.78, 5) is 51.7. The number of ether oxygens (including phenoxy) is 6. The number of rotatable bonds is 49. The van der Waals surface area contributed by atoms with Gasteiger partial charge in [0.15, 0.2) is 12.2 Å². The Morgan fingerprint density at radius 3 is 0.796 bits per heavy atom. The molecular weight excluding hydrogens is 1380 g/mol. The van der Waals surface area contributed by atoms with Gasteiger partial charge in [-0.05, 0) is 206 Å². The average molecular weight is 1490 g/mol. The van der Waals surface area contributed by atoms with Crippen LogP contribution < -0.4 is 18.9 Å². The normalized spacial score (nSPS) is 12.1. The highest BCUT2D eigenvalue weighted by atomic mass is 19.4. The first-order chi connectivity index (χ1) is 52.4. The molecule has 0 aromatic heterocycles. The minimum atomic E-state index is -4.72. The quantitative estimate of drug-likeness (QED) is 0.0158. The second-order valence-corrected chi connectivity index (χ2v) is 28.3. The molecule has 0 aliphatic rings. The van der Waals surface area contributed by atoms with E-state index in [9.17, 15) is 45.5 Å². The van der Waals surface area contributed by atoms with Gasteiger partial charge in [0, 0.05) is 0 Å². The van der Waals surface area contributed by atoms with Gasteiger partial charge < -0.3 is 28.4 Å². The second-order valence-electron chi connectivity index (χ2n) is 28.3. The molecule has 0 N–H and O–H groups in total. The van der Waals surface area contributed by atoms with Gasteiger partial charge in [0.1, 0.15) is 23.0 Å². The Morgan fingerprint density at radius 2 is 0.500 bits per heavy atom. The summed E-state index contributed by atoms with van der Waals surface area (Å²) in [5, 5.41) is 0. The lowest BCUT2D eigenvalue weighted by Crippen LogP contribution is -2.33. The summed E-state index contributed by atoms with van der Waals surface area (Å²) in [6.45, 7) is 5.78. The van der Waals surface area contributed by atoms with Crippen molar-refractivity contribution in [2.75, 3.05) is 13.2 Å². The monoisotopic (exact) mass is 1490 g/mol. The summed E-state index contributed by atoms with van der Waals surface area (Å²) in [7, 11) is 0. The summed E-state index contributed by atoms with van der Waals surface area (Å²) < 4.78 is 117. The molecule has 0 fully saturated rings. The van der Waals surface area contributed by atoms with Crippen molar-refractivity contribution in [2.24, 2.45) is 0 Å². The number of unbranched alkanes of at least 4 members (excludes halogenated alkanes) is 24. The van der Waals surface area contributed by atoms with Crippen molar-refractivity contribution >= 4 is 23.9 Å². The molecule has 578 valence electrons. The van der Waals surface area contributed by atoms with Crippen molar-refractivity contribution in [1.82, 2.24) is 0 Å². The van der Waals surface area contributed by atoms with Crippen LogP contribution in [0.2, 0.25) is 0 Å². The predicted octanol–water partition coefficient (Wildman–Crippen LogP) is 26.3. The van der Waals surface area contributed by atoms with E-state index in [1.165, 1.54) is 111 Å². The summed E-state index contributed by atoms with van der Waals surface area (Å²) >= 11 is 0. The molecule has 0 unspecified atom stereocenters. The van der Waals surface area contributed by atoms with Gasteiger partial charge in [-0.25, -0.2) is 19.2 Å². The van der Waals surface area contributed by atoms with Gasteiger partial charge in [-0.15, -0.1) is 0 Å². The fourth-order valence-corrected chi connectivity index (χ4v) is 13.0. The van der Waals surface area contributed by atoms with Gasteiger partial charge in [-0.1, -0.05) is 252 Å². The minimum absolute atomic E-state index is 0.0833. The molecule has 10 nitrogen and oxygen atoms in total. The molecule has 2 atom stereocenters. The Kier molecular flexibility index (Phi) is 36.2. The number of benzene rings is 8. The van der Waals surface area contributed by atoms with Crippen molar-refractivity contribution in [3.63, 3.8) is 0 Å². The fraction of sp³-hybridized carbons (Fsp3) is 0.435. The zero-order chi connectivity index (χ0) is 76.6. The Labute approximate surface area is 635 Å². The summed E-state index contributed by atoms with van der Waals surface area (Å²) in [5.41, 5.74) is 9.03. The van der Waals surface area contributed by atoms with Gasteiger partial charge in [0.2, 0.25) is 0 Å². The highest BCUT2D eigenvalue weighted by Gasteiger charge is 2.43. The molecular formula is C92H108F6O10. The third-order valence-corrected chi connectivity index (χ3v) is 19.6. The van der Waals surface area contributed by atoms with Crippen LogP contribution in [0, 0.1) is 0 Å². The minimum Gasteiger partial charge on any atom is -0.494 e. The molecule has 0 radical (unpaired) electrons. The van der Waals surface area contributed by atoms with E-state index < -0.39 is 48.4 Å². The van der Waals surface area contributed by atoms with Gasteiger partial charge in [0.05, 0.1) is 35.5 Å². The van der Waals surface area contributed by atoms with Crippen LogP contribution in [-0.2, 0) is 22.3 Å². The molecule has 16 heteroatoms. The van der Waals surface area contributed by atoms with Crippen LogP contribution in [0.25, 0.3) is 33.4 Å². The number of carbonyl (C=O) groups excluding carboxylic acids is 4. The Bertz CT molecular complexity index is 3620. The lowest BCUT2D eigenvalue weighted by Gasteiger charge is -2.20. The molecule has 0 aliphatic heterocycles. The van der Waals surface area contributed by atoms with Crippen LogP contribution in [0.3, 0.4) is 0 Å². The molecule has 8 rings (SSSR count). The first-order valence-electron chi connectivity index (χ1n) is 39.5. The van der Waals surface area contributed by atoms with E-state index >= 15 is 0 Å². The van der Waals surface area contributed by atoms with Crippen molar-refractivity contribution in [2.45, 2.75) is 244 Å². The van der Waals surface area contributed by atoms with E-state index in [2.05, 4.69) is 62.4 Å². The third kappa shape index (κ3) is 30.5. The topological polar surface area (TPSA) is 124 Å². The van der Waals surface area contributed by atoms with Crippen LogP contribution in [0.5, 0.6) is 23.0 Å². The summed E-state index contributed by atoms with van der Waals surface area (Å²) in [5.74, 6) is -1.57. The SMILES string of the molecule is CCCCCCCCOc1ccc(-c2ccc(C(=O)Oc3ccc(C(=O)O[C@@H](CCCCCCCCCCc4ccc(-c5ccc(CCCCCCCCCC[C@@H](OC(=O)c6ccc(OC(=O)c7ccc(-c8ccc(OCCCCCCCC)cc8)cc7)cc6)C(F)(F)F)cc5)cc4)C(F)(F)F)cc3)cc2)cc1. The molecule has 8 aromatic rings. The highest BCUT2D eigenvalue weighted by Crippen LogP contribution is 2.33. The maximum atomic E-state index is 14.0. The number of alkyl halides is 6. The Morgan fingerprint density at radius 1 is 0.269 bits per heavy atom. The van der Waals surface area contributed by atoms with Crippen LogP contribution in [0.15, 0.2) is 194 Å². The van der Waals surface area contributed by atoms with Crippen molar-refractivity contribution in [1.29, 1.82) is 0 Å². The number of halogens is 6. The molecule has 0 aliphatic carbocycles. The molecule has 0 bridgehead atoms. The van der Waals surface area contributed by atoms with E-state index in [0.717, 1.165) is 160 Å². The zero-order valence-electron chi connectivity index (χ0n) is 63.0. The van der Waals surface area contributed by atoms with Crippen LogP contribution in [0.4, 0.5) is 26.3 Å². The number of hydrogen-bond donors (Lipinski definition) is 0. The molecule has 0 heterocycles. The lowest BCUT2D eigenvalue weighted by atomic mass is 9.98. The van der Waals surface area contributed by atoms with Crippen LogP contribution in [0.1, 0.15) is 259 Å². The van der Waals surface area contributed by atoms with Crippen molar-refractivity contribution in [3.05, 3.63) is 228 Å². The Hall–Kier alpha value is -9.18. The lowest BCUT2D eigenvalue weighted by molar-refractivity contribution is -0.206. The van der Waals surface area contributed by atoms with Crippen molar-refractivity contribution in [3.8, 4) is 56.4 Å². The highest BCUT2D eigenvalue weighted by molar-refractivity contribution is 5.94. The van der Waals surface area contributed by atoms with Gasteiger partial charge in [-0.3, -0.25) is 0 Å². The summed E-state index contributed by atoms with van der Waals surface area (Å²) in [6, 6.07) is 57.4. The van der Waals surface area contributed by atoms with E-state index in [1.807, 2.05) is 72.8 Å². The van der Waals surface area contributed by atoms with Crippen LogP contribution >= 0.6 is 0 Å². The first-order valence-corrected chi connectivity index (χ1v) is 39.5. The molecule has 0 saturated carbocycles. The van der Waals surface area contributed by atoms with Gasteiger partial charge in [0.25, 0.3) is 0 Å². The van der Waals surface area contributed by atoms with E-state index in [1.54, 1.807) is 24.3 Å². The number of esters is 4. The number of carbonyl (C=O) groups is 4. The molecule has 0 spiro atoms.